The Balaban J connectivity index is 2.43. The maximum Gasteiger partial charge on any atom is 0.305 e. The van der Waals surface area contributed by atoms with Crippen LogP contribution < -0.4 is 0 Å². The molecule has 1 fully saturated rings. The topological polar surface area (TPSA) is 83.8 Å². The Labute approximate surface area is 157 Å². The molecule has 0 aromatic heterocycles. The first-order valence-corrected chi connectivity index (χ1v) is 9.76. The second-order valence-electron chi connectivity index (χ2n) is 7.06. The van der Waals surface area contributed by atoms with Gasteiger partial charge in [-0.1, -0.05) is 44.1 Å². The van der Waals surface area contributed by atoms with Gasteiger partial charge in [0.15, 0.2) is 0 Å². The molecule has 0 saturated heterocycles. The van der Waals surface area contributed by atoms with E-state index in [2.05, 4.69) is 11.7 Å². The lowest BCUT2D eigenvalue weighted by atomic mass is 9.90. The SMILES string of the molecule is CCCCC(O)C/C=C/[C@H]1[C@H](O)CC(=O)[C@@H]1C/C=C\CCCC(=O)OC. The molecule has 1 aliphatic rings. The summed E-state index contributed by atoms with van der Waals surface area (Å²) in [4.78, 5) is 23.2. The molecule has 5 heteroatoms. The zero-order valence-corrected chi connectivity index (χ0v) is 16.1. The van der Waals surface area contributed by atoms with Crippen molar-refractivity contribution in [2.24, 2.45) is 11.8 Å². The Hall–Kier alpha value is -1.46. The monoisotopic (exact) mass is 366 g/mol. The zero-order valence-electron chi connectivity index (χ0n) is 16.1. The van der Waals surface area contributed by atoms with Crippen molar-refractivity contribution in [1.82, 2.24) is 0 Å². The molecule has 1 rings (SSSR count). The summed E-state index contributed by atoms with van der Waals surface area (Å²) in [6.45, 7) is 2.09. The van der Waals surface area contributed by atoms with E-state index in [-0.39, 0.29) is 36.1 Å². The third kappa shape index (κ3) is 8.28. The van der Waals surface area contributed by atoms with Gasteiger partial charge in [0.1, 0.15) is 5.78 Å². The van der Waals surface area contributed by atoms with E-state index in [9.17, 15) is 19.8 Å². The van der Waals surface area contributed by atoms with Gasteiger partial charge in [-0.25, -0.2) is 0 Å². The van der Waals surface area contributed by atoms with Crippen LogP contribution in [0.3, 0.4) is 0 Å². The Morgan fingerprint density at radius 2 is 2.08 bits per heavy atom. The van der Waals surface area contributed by atoms with Gasteiger partial charge in [0, 0.05) is 24.7 Å². The Morgan fingerprint density at radius 1 is 1.31 bits per heavy atom. The van der Waals surface area contributed by atoms with E-state index < -0.39 is 6.10 Å². The molecule has 1 saturated carbocycles. The predicted molar refractivity (Wildman–Crippen MR) is 102 cm³/mol. The molecule has 0 aliphatic heterocycles. The van der Waals surface area contributed by atoms with Crippen LogP contribution in [0.5, 0.6) is 0 Å². The van der Waals surface area contributed by atoms with Crippen LogP contribution in [0.25, 0.3) is 0 Å². The van der Waals surface area contributed by atoms with Crippen LogP contribution in [0, 0.1) is 11.8 Å². The van der Waals surface area contributed by atoms with Crippen molar-refractivity contribution < 1.29 is 24.5 Å². The number of aliphatic hydroxyl groups is 2. The third-order valence-electron chi connectivity index (χ3n) is 4.93. The summed E-state index contributed by atoms with van der Waals surface area (Å²) in [5.41, 5.74) is 0. The minimum atomic E-state index is -0.635. The number of methoxy groups -OCH3 is 1. The molecule has 5 nitrogen and oxygen atoms in total. The van der Waals surface area contributed by atoms with Crippen molar-refractivity contribution in [2.75, 3.05) is 7.11 Å². The highest BCUT2D eigenvalue weighted by molar-refractivity contribution is 5.84. The van der Waals surface area contributed by atoms with Crippen LogP contribution in [0.2, 0.25) is 0 Å². The first kappa shape index (κ1) is 22.6. The number of esters is 1. The number of carbonyl (C=O) groups is 2. The zero-order chi connectivity index (χ0) is 19.4. The predicted octanol–water partition coefficient (Wildman–Crippen LogP) is 3.34. The molecule has 4 atom stereocenters. The fourth-order valence-electron chi connectivity index (χ4n) is 3.30. The number of Topliss-reactive ketones (excluding diaryl/α,β-unsaturated/α-hetero) is 1. The van der Waals surface area contributed by atoms with Gasteiger partial charge in [-0.15, -0.1) is 0 Å². The molecule has 0 spiro atoms. The number of rotatable bonds is 12. The molecule has 0 heterocycles. The van der Waals surface area contributed by atoms with Gasteiger partial charge in [0.25, 0.3) is 0 Å². The van der Waals surface area contributed by atoms with Gasteiger partial charge >= 0.3 is 5.97 Å². The van der Waals surface area contributed by atoms with Crippen LogP contribution in [0.15, 0.2) is 24.3 Å². The minimum Gasteiger partial charge on any atom is -0.469 e. The standard InChI is InChI=1S/C21H34O5/c1-3-4-10-16(22)11-9-13-18-17(19(23)15-20(18)24)12-7-5-6-8-14-21(25)26-2/h5,7,9,13,16-18,20,22,24H,3-4,6,8,10-12,14-15H2,1-2H3/b7-5-,13-9+/t16?,17-,18-,20-/m1/s1. The lowest BCUT2D eigenvalue weighted by Crippen LogP contribution is -2.18. The molecule has 2 N–H and O–H groups in total. The number of ether oxygens (including phenoxy) is 1. The Kier molecular flexibility index (Phi) is 11.1. The molecule has 0 amide bonds. The van der Waals surface area contributed by atoms with Crippen molar-refractivity contribution >= 4 is 11.8 Å². The lowest BCUT2D eigenvalue weighted by molar-refractivity contribution is -0.140. The quantitative estimate of drug-likeness (QED) is 0.314. The summed E-state index contributed by atoms with van der Waals surface area (Å²) in [5, 5.41) is 20.0. The maximum absolute atomic E-state index is 12.1. The highest BCUT2D eigenvalue weighted by atomic mass is 16.5. The second-order valence-corrected chi connectivity index (χ2v) is 7.06. The van der Waals surface area contributed by atoms with E-state index in [0.717, 1.165) is 32.1 Å². The van der Waals surface area contributed by atoms with Crippen molar-refractivity contribution in [3.63, 3.8) is 0 Å². The second kappa shape index (κ2) is 12.8. The fourth-order valence-corrected chi connectivity index (χ4v) is 3.30. The first-order chi connectivity index (χ1) is 12.5. The van der Waals surface area contributed by atoms with E-state index in [1.807, 2.05) is 24.3 Å². The number of hydrogen-bond acceptors (Lipinski definition) is 5. The highest BCUT2D eigenvalue weighted by Gasteiger charge is 2.38. The molecule has 0 radical (unpaired) electrons. The van der Waals surface area contributed by atoms with E-state index in [1.165, 1.54) is 7.11 Å². The maximum atomic E-state index is 12.1. The fraction of sp³-hybridized carbons (Fsp3) is 0.714. The van der Waals surface area contributed by atoms with Crippen LogP contribution >= 0.6 is 0 Å². The summed E-state index contributed by atoms with van der Waals surface area (Å²) >= 11 is 0. The Morgan fingerprint density at radius 3 is 2.77 bits per heavy atom. The van der Waals surface area contributed by atoms with Gasteiger partial charge in [0.2, 0.25) is 0 Å². The largest absolute Gasteiger partial charge is 0.469 e. The van der Waals surface area contributed by atoms with Crippen LogP contribution in [-0.4, -0.2) is 41.3 Å². The van der Waals surface area contributed by atoms with Crippen molar-refractivity contribution in [1.29, 1.82) is 0 Å². The molecule has 0 bridgehead atoms. The van der Waals surface area contributed by atoms with E-state index in [0.29, 0.717) is 19.3 Å². The van der Waals surface area contributed by atoms with Crippen molar-refractivity contribution in [3.8, 4) is 0 Å². The van der Waals surface area contributed by atoms with Crippen molar-refractivity contribution in [2.45, 2.75) is 76.9 Å². The molecule has 26 heavy (non-hydrogen) atoms. The highest BCUT2D eigenvalue weighted by Crippen LogP contribution is 2.33. The molecule has 1 aliphatic carbocycles. The van der Waals surface area contributed by atoms with Gasteiger partial charge in [-0.3, -0.25) is 9.59 Å². The first-order valence-electron chi connectivity index (χ1n) is 9.76. The smallest absolute Gasteiger partial charge is 0.305 e. The number of carbonyl (C=O) groups excluding carboxylic acids is 2. The number of aliphatic hydroxyl groups excluding tert-OH is 2. The van der Waals surface area contributed by atoms with Gasteiger partial charge in [-0.05, 0) is 32.1 Å². The lowest BCUT2D eigenvalue weighted by Gasteiger charge is -2.16. The summed E-state index contributed by atoms with van der Waals surface area (Å²) in [6, 6.07) is 0. The average Bonchev–Trinajstić information content (AvgIpc) is 2.89. The Bertz CT molecular complexity index is 483. The van der Waals surface area contributed by atoms with Crippen LogP contribution in [-0.2, 0) is 14.3 Å². The molecule has 0 aromatic rings. The normalized spacial score (nSPS) is 24.6. The minimum absolute atomic E-state index is 0.0953. The number of unbranched alkanes of at least 4 members (excludes halogenated alkanes) is 2. The van der Waals surface area contributed by atoms with Gasteiger partial charge in [-0.2, -0.15) is 0 Å². The van der Waals surface area contributed by atoms with Gasteiger partial charge in [0.05, 0.1) is 19.3 Å². The molecular weight excluding hydrogens is 332 g/mol. The van der Waals surface area contributed by atoms with Crippen LogP contribution in [0.4, 0.5) is 0 Å². The average molecular weight is 366 g/mol. The van der Waals surface area contributed by atoms with Crippen LogP contribution in [0.1, 0.15) is 64.7 Å². The van der Waals surface area contributed by atoms with E-state index in [1.54, 1.807) is 0 Å². The molecular formula is C21H34O5. The summed E-state index contributed by atoms with van der Waals surface area (Å²) in [5.74, 6) is -0.497. The third-order valence-corrected chi connectivity index (χ3v) is 4.93. The molecule has 1 unspecified atom stereocenters. The number of hydrogen-bond donors (Lipinski definition) is 2. The summed E-state index contributed by atoms with van der Waals surface area (Å²) in [6.07, 6.45) is 12.9. The van der Waals surface area contributed by atoms with Crippen molar-refractivity contribution in [3.05, 3.63) is 24.3 Å². The molecule has 148 valence electrons. The molecule has 0 aromatic carbocycles. The summed E-state index contributed by atoms with van der Waals surface area (Å²) in [7, 11) is 1.38. The number of ketones is 1. The van der Waals surface area contributed by atoms with Gasteiger partial charge < -0.3 is 14.9 Å². The van der Waals surface area contributed by atoms with E-state index >= 15 is 0 Å². The van der Waals surface area contributed by atoms with E-state index in [4.69, 9.17) is 0 Å². The number of allylic oxidation sites excluding steroid dienone is 2. The summed E-state index contributed by atoms with van der Waals surface area (Å²) < 4.78 is 4.59.